The van der Waals surface area contributed by atoms with Crippen LogP contribution in [-0.4, -0.2) is 41.2 Å². The summed E-state index contributed by atoms with van der Waals surface area (Å²) in [5.41, 5.74) is -0.420. The van der Waals surface area contributed by atoms with Crippen molar-refractivity contribution in [1.29, 1.82) is 0 Å². The molecule has 27 heavy (non-hydrogen) atoms. The zero-order valence-corrected chi connectivity index (χ0v) is 21.0. The molecular weight excluding hydrogens is 372 g/mol. The molecule has 0 aliphatic heterocycles. The van der Waals surface area contributed by atoms with Crippen molar-refractivity contribution in [3.63, 3.8) is 0 Å². The molecule has 0 radical (unpaired) electrons. The fourth-order valence-electron chi connectivity index (χ4n) is 2.71. The Morgan fingerprint density at radius 2 is 1.44 bits per heavy atom. The standard InChI is InChI=1S/C21H38O4Si2/c1-16(24-27(10,11)20(2,3)4)21(5,25-26(7,8)9)19(22)17-12-14-18(23-6)15-13-17/h12-16H,1-11H3/t16-,21-/m0/s1. The molecule has 0 saturated carbocycles. The molecule has 1 aromatic carbocycles. The van der Waals surface area contributed by atoms with Gasteiger partial charge in [-0.15, -0.1) is 0 Å². The first-order valence-electron chi connectivity index (χ1n) is 9.60. The minimum absolute atomic E-state index is 0.0428. The number of hydrogen-bond acceptors (Lipinski definition) is 4. The first-order chi connectivity index (χ1) is 12.0. The first-order valence-corrected chi connectivity index (χ1v) is 15.9. The second-order valence-electron chi connectivity index (χ2n) is 9.90. The fourth-order valence-corrected chi connectivity index (χ4v) is 5.70. The summed E-state index contributed by atoms with van der Waals surface area (Å²) in [4.78, 5) is 13.5. The van der Waals surface area contributed by atoms with E-state index in [0.717, 1.165) is 5.75 Å². The van der Waals surface area contributed by atoms with Crippen LogP contribution in [0.4, 0.5) is 0 Å². The van der Waals surface area contributed by atoms with Crippen molar-refractivity contribution in [2.45, 2.75) is 84.1 Å². The van der Waals surface area contributed by atoms with E-state index in [2.05, 4.69) is 53.5 Å². The van der Waals surface area contributed by atoms with Crippen LogP contribution in [0.5, 0.6) is 5.75 Å². The molecule has 0 aliphatic rings. The quantitative estimate of drug-likeness (QED) is 0.395. The highest BCUT2D eigenvalue weighted by Crippen LogP contribution is 2.40. The van der Waals surface area contributed by atoms with E-state index in [1.807, 2.05) is 26.0 Å². The number of carbonyl (C=O) groups is 1. The number of carbonyl (C=O) groups excluding carboxylic acids is 1. The molecule has 0 spiro atoms. The van der Waals surface area contributed by atoms with Crippen LogP contribution >= 0.6 is 0 Å². The van der Waals surface area contributed by atoms with E-state index in [4.69, 9.17) is 13.6 Å². The van der Waals surface area contributed by atoms with Gasteiger partial charge in [0.1, 0.15) is 11.4 Å². The van der Waals surface area contributed by atoms with Crippen LogP contribution < -0.4 is 4.74 Å². The van der Waals surface area contributed by atoms with Gasteiger partial charge < -0.3 is 13.6 Å². The van der Waals surface area contributed by atoms with Gasteiger partial charge in [-0.25, -0.2) is 0 Å². The number of Topliss-reactive ketones (excluding diaryl/α,β-unsaturated/α-hetero) is 1. The Bertz CT molecular complexity index is 642. The highest BCUT2D eigenvalue weighted by Gasteiger charge is 2.48. The lowest BCUT2D eigenvalue weighted by Gasteiger charge is -2.45. The zero-order chi connectivity index (χ0) is 21.3. The van der Waals surface area contributed by atoms with Crippen molar-refractivity contribution in [2.75, 3.05) is 7.11 Å². The number of ketones is 1. The Kier molecular flexibility index (Phi) is 7.31. The molecule has 0 N–H and O–H groups in total. The third-order valence-corrected chi connectivity index (χ3v) is 11.0. The van der Waals surface area contributed by atoms with Gasteiger partial charge in [-0.1, -0.05) is 20.8 Å². The summed E-state index contributed by atoms with van der Waals surface area (Å²) in [6.45, 7) is 21.2. The first kappa shape index (κ1) is 24.1. The van der Waals surface area contributed by atoms with Crippen LogP contribution in [0.3, 0.4) is 0 Å². The van der Waals surface area contributed by atoms with Gasteiger partial charge in [0.2, 0.25) is 0 Å². The molecule has 0 unspecified atom stereocenters. The predicted molar refractivity (Wildman–Crippen MR) is 118 cm³/mol. The monoisotopic (exact) mass is 410 g/mol. The zero-order valence-electron chi connectivity index (χ0n) is 19.0. The van der Waals surface area contributed by atoms with Crippen molar-refractivity contribution < 1.29 is 18.4 Å². The van der Waals surface area contributed by atoms with Crippen molar-refractivity contribution in [2.24, 2.45) is 0 Å². The van der Waals surface area contributed by atoms with Gasteiger partial charge in [-0.3, -0.25) is 4.79 Å². The molecule has 0 aliphatic carbocycles. The summed E-state index contributed by atoms with van der Waals surface area (Å²) in [6, 6.07) is 7.21. The van der Waals surface area contributed by atoms with Gasteiger partial charge in [0.25, 0.3) is 0 Å². The van der Waals surface area contributed by atoms with Crippen LogP contribution in [0.25, 0.3) is 0 Å². The summed E-state index contributed by atoms with van der Waals surface area (Å²) in [5, 5.41) is 0.0600. The van der Waals surface area contributed by atoms with Crippen molar-refractivity contribution in [3.05, 3.63) is 29.8 Å². The van der Waals surface area contributed by atoms with E-state index in [9.17, 15) is 4.79 Å². The van der Waals surface area contributed by atoms with Gasteiger partial charge in [-0.2, -0.15) is 0 Å². The lowest BCUT2D eigenvalue weighted by molar-refractivity contribution is -0.0142. The predicted octanol–water partition coefficient (Wildman–Crippen LogP) is 5.90. The maximum atomic E-state index is 13.5. The topological polar surface area (TPSA) is 44.8 Å². The third kappa shape index (κ3) is 6.01. The molecule has 4 nitrogen and oxygen atoms in total. The SMILES string of the molecule is COc1ccc(C(=O)[C@@](C)(O[Si](C)(C)C)[C@H](C)O[Si](C)(C)C(C)(C)C)cc1. The van der Waals surface area contributed by atoms with Crippen LogP contribution in [-0.2, 0) is 8.85 Å². The minimum atomic E-state index is -2.05. The summed E-state index contributed by atoms with van der Waals surface area (Å²) in [5.74, 6) is 0.684. The van der Waals surface area contributed by atoms with Crippen molar-refractivity contribution in [3.8, 4) is 5.75 Å². The van der Waals surface area contributed by atoms with E-state index in [0.29, 0.717) is 5.56 Å². The Morgan fingerprint density at radius 3 is 1.81 bits per heavy atom. The maximum absolute atomic E-state index is 13.5. The fraction of sp³-hybridized carbons (Fsp3) is 0.667. The van der Waals surface area contributed by atoms with E-state index < -0.39 is 22.2 Å². The molecule has 0 amide bonds. The van der Waals surface area contributed by atoms with Gasteiger partial charge >= 0.3 is 0 Å². The summed E-state index contributed by atoms with van der Waals surface area (Å²) < 4.78 is 18.3. The molecular formula is C21H38O4Si2. The molecule has 6 heteroatoms. The number of rotatable bonds is 8. The molecule has 2 atom stereocenters. The molecule has 1 aromatic rings. The Morgan fingerprint density at radius 1 is 0.963 bits per heavy atom. The summed E-state index contributed by atoms with van der Waals surface area (Å²) >= 11 is 0. The number of ether oxygens (including phenoxy) is 1. The number of hydrogen-bond donors (Lipinski definition) is 0. The molecule has 0 saturated heterocycles. The Balaban J connectivity index is 3.29. The van der Waals surface area contributed by atoms with Gasteiger partial charge in [0.05, 0.1) is 13.2 Å². The van der Waals surface area contributed by atoms with Crippen molar-refractivity contribution >= 4 is 22.4 Å². The Labute approximate surface area is 167 Å². The average molecular weight is 411 g/mol. The second kappa shape index (κ2) is 8.19. The minimum Gasteiger partial charge on any atom is -0.497 e. The number of methoxy groups -OCH3 is 1. The van der Waals surface area contributed by atoms with Gasteiger partial charge in [0.15, 0.2) is 22.4 Å². The van der Waals surface area contributed by atoms with E-state index in [-0.39, 0.29) is 16.9 Å². The maximum Gasteiger partial charge on any atom is 0.195 e. The summed E-state index contributed by atoms with van der Waals surface area (Å²) in [7, 11) is -2.44. The van der Waals surface area contributed by atoms with Gasteiger partial charge in [0, 0.05) is 5.56 Å². The largest absolute Gasteiger partial charge is 0.497 e. The average Bonchev–Trinajstić information content (AvgIpc) is 2.51. The van der Waals surface area contributed by atoms with Crippen molar-refractivity contribution in [1.82, 2.24) is 0 Å². The lowest BCUT2D eigenvalue weighted by Crippen LogP contribution is -2.58. The van der Waals surface area contributed by atoms with E-state index in [1.54, 1.807) is 19.2 Å². The van der Waals surface area contributed by atoms with E-state index in [1.165, 1.54) is 0 Å². The highest BCUT2D eigenvalue weighted by molar-refractivity contribution is 6.74. The molecule has 0 heterocycles. The highest BCUT2D eigenvalue weighted by atomic mass is 28.4. The molecule has 0 fully saturated rings. The Hall–Kier alpha value is -0.956. The van der Waals surface area contributed by atoms with Crippen LogP contribution in [0.1, 0.15) is 45.0 Å². The molecule has 154 valence electrons. The molecule has 1 rings (SSSR count). The normalized spacial score (nSPS) is 16.6. The van der Waals surface area contributed by atoms with E-state index >= 15 is 0 Å². The van der Waals surface area contributed by atoms with Gasteiger partial charge in [-0.05, 0) is 75.9 Å². The summed E-state index contributed by atoms with van der Waals surface area (Å²) in [6.07, 6.45) is -0.347. The van der Waals surface area contributed by atoms with Crippen LogP contribution in [0.2, 0.25) is 37.8 Å². The molecule has 0 bridgehead atoms. The van der Waals surface area contributed by atoms with Crippen LogP contribution in [0.15, 0.2) is 24.3 Å². The molecule has 0 aromatic heterocycles. The lowest BCUT2D eigenvalue weighted by atomic mass is 9.90. The smallest absolute Gasteiger partial charge is 0.195 e. The van der Waals surface area contributed by atoms with Crippen LogP contribution in [0, 0.1) is 0 Å². The number of benzene rings is 1. The second-order valence-corrected chi connectivity index (χ2v) is 19.1. The third-order valence-electron chi connectivity index (χ3n) is 5.37.